The molecule has 0 radical (unpaired) electrons. The molecule has 4 heterocycles. The van der Waals surface area contributed by atoms with Crippen molar-refractivity contribution in [2.24, 2.45) is 0 Å². The van der Waals surface area contributed by atoms with E-state index in [1.54, 1.807) is 20.9 Å². The van der Waals surface area contributed by atoms with Crippen LogP contribution < -0.4 is 0 Å². The molecular formula is C24H22S4. The number of thiophene rings is 4. The first-order chi connectivity index (χ1) is 13.8. The summed E-state index contributed by atoms with van der Waals surface area (Å²) in [4.78, 5) is 11.9. The van der Waals surface area contributed by atoms with Crippen LogP contribution in [0.2, 0.25) is 0 Å². The third-order valence-corrected chi connectivity index (χ3v) is 11.2. The molecule has 0 N–H and O–H groups in total. The van der Waals surface area contributed by atoms with Crippen LogP contribution in [0.25, 0.3) is 29.3 Å². The predicted octanol–water partition coefficient (Wildman–Crippen LogP) is 8.69. The third kappa shape index (κ3) is 3.15. The summed E-state index contributed by atoms with van der Waals surface area (Å²) >= 11 is 7.98. The molecule has 0 aromatic carbocycles. The molecule has 0 saturated carbocycles. The van der Waals surface area contributed by atoms with Crippen molar-refractivity contribution >= 4 is 45.3 Å². The highest BCUT2D eigenvalue weighted by Crippen LogP contribution is 2.45. The van der Waals surface area contributed by atoms with Gasteiger partial charge in [0.1, 0.15) is 0 Å². The van der Waals surface area contributed by atoms with Crippen molar-refractivity contribution < 1.29 is 0 Å². The molecule has 0 nitrogen and oxygen atoms in total. The summed E-state index contributed by atoms with van der Waals surface area (Å²) in [5.74, 6) is 0. The van der Waals surface area contributed by atoms with E-state index >= 15 is 0 Å². The Bertz CT molecular complexity index is 996. The van der Waals surface area contributed by atoms with E-state index in [9.17, 15) is 0 Å². The Morgan fingerprint density at radius 2 is 0.821 bits per heavy atom. The quantitative estimate of drug-likeness (QED) is 0.300. The summed E-state index contributed by atoms with van der Waals surface area (Å²) in [6.07, 6.45) is 10.6. The van der Waals surface area contributed by atoms with E-state index in [-0.39, 0.29) is 0 Å². The third-order valence-electron chi connectivity index (χ3n) is 5.93. The van der Waals surface area contributed by atoms with Crippen LogP contribution in [0.1, 0.15) is 46.6 Å². The van der Waals surface area contributed by atoms with E-state index in [1.165, 1.54) is 80.6 Å². The highest BCUT2D eigenvalue weighted by atomic mass is 32.1. The molecule has 2 aliphatic rings. The predicted molar refractivity (Wildman–Crippen MR) is 128 cm³/mol. The Balaban J connectivity index is 1.28. The van der Waals surface area contributed by atoms with Crippen molar-refractivity contribution in [3.63, 3.8) is 0 Å². The minimum Gasteiger partial charge on any atom is -0.139 e. The molecule has 4 aromatic rings. The summed E-state index contributed by atoms with van der Waals surface area (Å²) in [6.45, 7) is 0. The molecule has 0 saturated heterocycles. The minimum atomic E-state index is 1.28. The largest absolute Gasteiger partial charge is 0.139 e. The molecule has 0 fully saturated rings. The van der Waals surface area contributed by atoms with Crippen molar-refractivity contribution in [2.75, 3.05) is 0 Å². The van der Waals surface area contributed by atoms with Gasteiger partial charge < -0.3 is 0 Å². The lowest BCUT2D eigenvalue weighted by molar-refractivity contribution is 0.697. The Morgan fingerprint density at radius 3 is 1.25 bits per heavy atom. The first-order valence-electron chi connectivity index (χ1n) is 10.3. The molecule has 28 heavy (non-hydrogen) atoms. The fourth-order valence-corrected chi connectivity index (χ4v) is 9.20. The van der Waals surface area contributed by atoms with E-state index in [0.29, 0.717) is 0 Å². The van der Waals surface area contributed by atoms with Crippen LogP contribution in [-0.2, 0) is 25.7 Å². The first kappa shape index (κ1) is 17.6. The van der Waals surface area contributed by atoms with Gasteiger partial charge in [-0.1, -0.05) is 0 Å². The lowest BCUT2D eigenvalue weighted by Crippen LogP contribution is -1.96. The van der Waals surface area contributed by atoms with Crippen LogP contribution in [0, 0.1) is 0 Å². The van der Waals surface area contributed by atoms with Crippen LogP contribution >= 0.6 is 45.3 Å². The van der Waals surface area contributed by atoms with Gasteiger partial charge in [-0.2, -0.15) is 0 Å². The molecule has 2 aliphatic carbocycles. The summed E-state index contributed by atoms with van der Waals surface area (Å²) in [7, 11) is 0. The first-order valence-corrected chi connectivity index (χ1v) is 13.5. The average Bonchev–Trinajstić information content (AvgIpc) is 3.52. The van der Waals surface area contributed by atoms with Crippen molar-refractivity contribution in [3.8, 4) is 29.3 Å². The maximum absolute atomic E-state index is 2.46. The zero-order chi connectivity index (χ0) is 18.5. The molecule has 6 rings (SSSR count). The molecule has 4 aromatic heterocycles. The highest BCUT2D eigenvalue weighted by molar-refractivity contribution is 7.28. The topological polar surface area (TPSA) is 0 Å². The second-order valence-electron chi connectivity index (χ2n) is 7.86. The molecule has 0 bridgehead atoms. The zero-order valence-electron chi connectivity index (χ0n) is 15.8. The average molecular weight is 439 g/mol. The Hall–Kier alpha value is -1.20. The van der Waals surface area contributed by atoms with Crippen LogP contribution in [0.3, 0.4) is 0 Å². The number of hydrogen-bond donors (Lipinski definition) is 0. The Kier molecular flexibility index (Phi) is 4.56. The summed E-state index contributed by atoms with van der Waals surface area (Å²) < 4.78 is 0. The van der Waals surface area contributed by atoms with Gasteiger partial charge in [-0.25, -0.2) is 0 Å². The van der Waals surface area contributed by atoms with Crippen molar-refractivity contribution in [1.29, 1.82) is 0 Å². The molecule has 142 valence electrons. The second-order valence-corrected chi connectivity index (χ2v) is 12.3. The zero-order valence-corrected chi connectivity index (χ0v) is 19.0. The van der Waals surface area contributed by atoms with Gasteiger partial charge >= 0.3 is 0 Å². The lowest BCUT2D eigenvalue weighted by Gasteiger charge is -2.08. The number of rotatable bonds is 3. The van der Waals surface area contributed by atoms with Crippen LogP contribution in [0.15, 0.2) is 36.4 Å². The summed E-state index contributed by atoms with van der Waals surface area (Å²) in [5.41, 5.74) is 3.22. The fourth-order valence-electron chi connectivity index (χ4n) is 4.43. The van der Waals surface area contributed by atoms with Crippen molar-refractivity contribution in [2.45, 2.75) is 51.4 Å². The molecule has 0 spiro atoms. The Morgan fingerprint density at radius 1 is 0.429 bits per heavy atom. The van der Waals surface area contributed by atoms with Gasteiger partial charge in [0.25, 0.3) is 0 Å². The highest BCUT2D eigenvalue weighted by Gasteiger charge is 2.18. The maximum atomic E-state index is 2.46. The SMILES string of the molecule is c1cc(-c2cc3c(s2)CCCC3)sc1-c1ccc(-c2cc3c(s2)CCCC3)s1. The van der Waals surface area contributed by atoms with Crippen LogP contribution in [-0.4, -0.2) is 0 Å². The van der Waals surface area contributed by atoms with Gasteiger partial charge in [0.2, 0.25) is 0 Å². The van der Waals surface area contributed by atoms with Gasteiger partial charge in [0.05, 0.1) is 0 Å². The van der Waals surface area contributed by atoms with Gasteiger partial charge in [-0.15, -0.1) is 45.3 Å². The van der Waals surface area contributed by atoms with E-state index in [4.69, 9.17) is 0 Å². The van der Waals surface area contributed by atoms with Gasteiger partial charge in [0.15, 0.2) is 0 Å². The monoisotopic (exact) mass is 438 g/mol. The molecule has 0 aliphatic heterocycles. The normalized spacial score (nSPS) is 16.1. The second kappa shape index (κ2) is 7.24. The Labute approximate surface area is 182 Å². The van der Waals surface area contributed by atoms with Gasteiger partial charge in [0, 0.05) is 39.0 Å². The van der Waals surface area contributed by atoms with Gasteiger partial charge in [-0.3, -0.25) is 0 Å². The fraction of sp³-hybridized carbons (Fsp3) is 0.333. The molecule has 0 unspecified atom stereocenters. The van der Waals surface area contributed by atoms with Crippen molar-refractivity contribution in [1.82, 2.24) is 0 Å². The lowest BCUT2D eigenvalue weighted by atomic mass is 9.99. The van der Waals surface area contributed by atoms with Crippen LogP contribution in [0.5, 0.6) is 0 Å². The molecule has 0 atom stereocenters. The van der Waals surface area contributed by atoms with Crippen LogP contribution in [0.4, 0.5) is 0 Å². The summed E-state index contributed by atoms with van der Waals surface area (Å²) in [6, 6.07) is 14.2. The van der Waals surface area contributed by atoms with E-state index in [0.717, 1.165) is 0 Å². The van der Waals surface area contributed by atoms with E-state index in [1.807, 2.05) is 45.3 Å². The maximum Gasteiger partial charge on any atom is 0.0449 e. The number of hydrogen-bond acceptors (Lipinski definition) is 4. The van der Waals surface area contributed by atoms with E-state index in [2.05, 4.69) is 36.4 Å². The van der Waals surface area contributed by atoms with Crippen molar-refractivity contribution in [3.05, 3.63) is 57.3 Å². The summed E-state index contributed by atoms with van der Waals surface area (Å²) in [5, 5.41) is 0. The standard InChI is InChI=1S/C24H22S4/c1-3-7-17-15(5-1)13-23(25-17)21-11-9-19(27-21)20-10-12-22(28-20)24-14-16-6-2-4-8-18(16)26-24/h9-14H,1-8H2. The molecular weight excluding hydrogens is 417 g/mol. The molecule has 0 amide bonds. The number of fused-ring (bicyclic) bond motifs is 2. The van der Waals surface area contributed by atoms with Gasteiger partial charge in [-0.05, 0) is 98.9 Å². The number of aryl methyl sites for hydroxylation is 4. The minimum absolute atomic E-state index is 1.28. The molecule has 4 heteroatoms. The smallest absolute Gasteiger partial charge is 0.0449 e. The van der Waals surface area contributed by atoms with E-state index < -0.39 is 0 Å².